The van der Waals surface area contributed by atoms with Crippen molar-refractivity contribution in [3.05, 3.63) is 22.0 Å². The van der Waals surface area contributed by atoms with Gasteiger partial charge in [0.05, 0.1) is 33.3 Å². The van der Waals surface area contributed by atoms with Gasteiger partial charge in [-0.15, -0.1) is 0 Å². The fourth-order valence-electron chi connectivity index (χ4n) is 1.65. The zero-order valence-corrected chi connectivity index (χ0v) is 14.1. The second kappa shape index (κ2) is 4.62. The molecule has 5 nitrogen and oxygen atoms in total. The molecular weight excluding hydrogens is 379 g/mol. The van der Waals surface area contributed by atoms with Crippen molar-refractivity contribution in [2.45, 2.75) is 30.4 Å². The fourth-order valence-corrected chi connectivity index (χ4v) is 3.51. The van der Waals surface area contributed by atoms with Gasteiger partial charge in [0.1, 0.15) is 4.90 Å². The highest BCUT2D eigenvalue weighted by Gasteiger charge is 2.34. The number of nitrogens with zero attached hydrogens (tertiary/aromatic N) is 2. The predicted molar refractivity (Wildman–Crippen MR) is 81.4 cm³/mol. The normalized spacial score (nSPS) is 12.9. The zero-order chi connectivity index (χ0) is 14.4. The number of hydrogen-bond donors (Lipinski definition) is 0. The van der Waals surface area contributed by atoms with E-state index in [1.54, 1.807) is 43.7 Å². The monoisotopic (exact) mass is 394 g/mol. The molecule has 0 aliphatic heterocycles. The molecule has 2 rings (SSSR count). The van der Waals surface area contributed by atoms with E-state index in [-0.39, 0.29) is 4.90 Å². The van der Waals surface area contributed by atoms with E-state index in [4.69, 9.17) is 4.74 Å². The molecule has 2 heterocycles. The van der Waals surface area contributed by atoms with Crippen molar-refractivity contribution in [1.29, 1.82) is 0 Å². The molecule has 0 saturated heterocycles. The van der Waals surface area contributed by atoms with Gasteiger partial charge in [0.2, 0.25) is 0 Å². The number of fused-ring (bicyclic) bond motifs is 1. The molecule has 0 bridgehead atoms. The van der Waals surface area contributed by atoms with E-state index in [0.29, 0.717) is 5.75 Å². The fraction of sp³-hybridized carbons (Fsp3) is 0.417. The Balaban J connectivity index is 2.82. The van der Waals surface area contributed by atoms with Crippen LogP contribution in [0.1, 0.15) is 20.8 Å². The number of aromatic nitrogens is 2. The molecule has 0 aromatic carbocycles. The lowest BCUT2D eigenvalue weighted by Gasteiger charge is -2.21. The minimum absolute atomic E-state index is 0.202. The van der Waals surface area contributed by atoms with Crippen LogP contribution in [0.15, 0.2) is 23.4 Å². The van der Waals surface area contributed by atoms with Crippen LogP contribution >= 0.6 is 22.6 Å². The van der Waals surface area contributed by atoms with E-state index >= 15 is 0 Å². The Labute approximate surface area is 126 Å². The van der Waals surface area contributed by atoms with E-state index in [9.17, 15) is 8.42 Å². The molecular formula is C12H15IN2O3S. The molecule has 7 heteroatoms. The first-order chi connectivity index (χ1) is 8.68. The number of methoxy groups -OCH3 is 1. The molecule has 104 valence electrons. The van der Waals surface area contributed by atoms with Crippen LogP contribution in [0, 0.1) is 3.57 Å². The molecule has 0 spiro atoms. The molecule has 0 aliphatic carbocycles. The van der Waals surface area contributed by atoms with Gasteiger partial charge in [-0.1, -0.05) is 0 Å². The molecule has 0 unspecified atom stereocenters. The average Bonchev–Trinajstić information content (AvgIpc) is 2.67. The van der Waals surface area contributed by atoms with Crippen molar-refractivity contribution in [2.75, 3.05) is 7.11 Å². The number of rotatable bonds is 2. The van der Waals surface area contributed by atoms with Crippen molar-refractivity contribution in [3.63, 3.8) is 0 Å². The quantitative estimate of drug-likeness (QED) is 0.735. The Morgan fingerprint density at radius 1 is 1.37 bits per heavy atom. The molecule has 0 saturated carbocycles. The molecule has 2 aromatic heterocycles. The highest BCUT2D eigenvalue weighted by Crippen LogP contribution is 2.33. The highest BCUT2D eigenvalue weighted by molar-refractivity contribution is 14.1. The number of sulfone groups is 1. The molecule has 0 aliphatic rings. The molecule has 0 radical (unpaired) electrons. The van der Waals surface area contributed by atoms with E-state index in [1.807, 2.05) is 0 Å². The van der Waals surface area contributed by atoms with Gasteiger partial charge < -0.3 is 4.74 Å². The minimum atomic E-state index is -3.47. The summed E-state index contributed by atoms with van der Waals surface area (Å²) >= 11 is 2.12. The summed E-state index contributed by atoms with van der Waals surface area (Å²) in [5, 5.41) is 4.15. The van der Waals surface area contributed by atoms with Gasteiger partial charge in [0.25, 0.3) is 0 Å². The Morgan fingerprint density at radius 2 is 2.00 bits per heavy atom. The smallest absolute Gasteiger partial charge is 0.187 e. The molecule has 19 heavy (non-hydrogen) atoms. The third kappa shape index (κ3) is 2.33. The molecule has 0 atom stereocenters. The van der Waals surface area contributed by atoms with Crippen molar-refractivity contribution in [2.24, 2.45) is 0 Å². The third-order valence-electron chi connectivity index (χ3n) is 2.85. The van der Waals surface area contributed by atoms with E-state index < -0.39 is 14.6 Å². The summed E-state index contributed by atoms with van der Waals surface area (Å²) in [6.07, 6.45) is 3.28. The molecule has 2 aromatic rings. The lowest BCUT2D eigenvalue weighted by Crippen LogP contribution is -2.28. The summed E-state index contributed by atoms with van der Waals surface area (Å²) in [5.41, 5.74) is 0.754. The van der Waals surface area contributed by atoms with Crippen LogP contribution in [-0.4, -0.2) is 29.9 Å². The first-order valence-corrected chi connectivity index (χ1v) is 8.20. The van der Waals surface area contributed by atoms with Crippen LogP contribution in [0.4, 0.5) is 0 Å². The van der Waals surface area contributed by atoms with Gasteiger partial charge in [-0.05, 0) is 49.4 Å². The Morgan fingerprint density at radius 3 is 2.53 bits per heavy atom. The molecule has 0 N–H and O–H groups in total. The Kier molecular flexibility index (Phi) is 3.54. The van der Waals surface area contributed by atoms with Crippen molar-refractivity contribution in [3.8, 4) is 5.75 Å². The summed E-state index contributed by atoms with van der Waals surface area (Å²) in [6.45, 7) is 5.02. The van der Waals surface area contributed by atoms with Crippen LogP contribution in [0.25, 0.3) is 5.52 Å². The van der Waals surface area contributed by atoms with Crippen LogP contribution in [0.2, 0.25) is 0 Å². The van der Waals surface area contributed by atoms with E-state index in [2.05, 4.69) is 27.7 Å². The second-order valence-corrected chi connectivity index (χ2v) is 8.98. The Hall–Kier alpha value is -0.830. The molecule has 0 fully saturated rings. The van der Waals surface area contributed by atoms with Gasteiger partial charge in [-0.2, -0.15) is 5.10 Å². The van der Waals surface area contributed by atoms with Gasteiger partial charge in [0.15, 0.2) is 15.6 Å². The highest BCUT2D eigenvalue weighted by atomic mass is 127. The van der Waals surface area contributed by atoms with Gasteiger partial charge >= 0.3 is 0 Å². The summed E-state index contributed by atoms with van der Waals surface area (Å²) < 4.78 is 32.0. The first kappa shape index (κ1) is 14.6. The standard InChI is InChI=1S/C12H15IN2O3S/c1-12(2,3)19(16,17)11-5-9-8(13)6-14-15(9)7-10(11)18-4/h5-7H,1-4H3. The number of pyridine rings is 1. The van der Waals surface area contributed by atoms with E-state index in [0.717, 1.165) is 9.09 Å². The first-order valence-electron chi connectivity index (χ1n) is 5.64. The Bertz CT molecular complexity index is 729. The summed E-state index contributed by atoms with van der Waals surface area (Å²) in [7, 11) is -2.02. The average molecular weight is 394 g/mol. The van der Waals surface area contributed by atoms with Crippen LogP contribution in [0.5, 0.6) is 5.75 Å². The number of hydrogen-bond acceptors (Lipinski definition) is 4. The van der Waals surface area contributed by atoms with Crippen molar-refractivity contribution >= 4 is 37.9 Å². The van der Waals surface area contributed by atoms with Gasteiger partial charge in [-0.25, -0.2) is 12.9 Å². The summed E-state index contributed by atoms with van der Waals surface area (Å²) in [5.74, 6) is 0.307. The third-order valence-corrected chi connectivity index (χ3v) is 6.19. The van der Waals surface area contributed by atoms with Crippen LogP contribution in [0.3, 0.4) is 0 Å². The van der Waals surface area contributed by atoms with Gasteiger partial charge in [-0.3, -0.25) is 0 Å². The number of halogens is 1. The molecule has 0 amide bonds. The topological polar surface area (TPSA) is 60.7 Å². The second-order valence-electron chi connectivity index (χ2n) is 5.14. The zero-order valence-electron chi connectivity index (χ0n) is 11.1. The maximum atomic E-state index is 12.6. The summed E-state index contributed by atoms with van der Waals surface area (Å²) in [6, 6.07) is 1.62. The lowest BCUT2D eigenvalue weighted by molar-refractivity contribution is 0.398. The minimum Gasteiger partial charge on any atom is -0.494 e. The predicted octanol–water partition coefficient (Wildman–Crippen LogP) is 2.52. The van der Waals surface area contributed by atoms with Crippen LogP contribution in [-0.2, 0) is 9.84 Å². The number of ether oxygens (including phenoxy) is 1. The van der Waals surface area contributed by atoms with Crippen molar-refractivity contribution in [1.82, 2.24) is 9.61 Å². The summed E-state index contributed by atoms with van der Waals surface area (Å²) in [4.78, 5) is 0.202. The van der Waals surface area contributed by atoms with Crippen LogP contribution < -0.4 is 4.74 Å². The lowest BCUT2D eigenvalue weighted by atomic mass is 10.3. The maximum absolute atomic E-state index is 12.6. The van der Waals surface area contributed by atoms with E-state index in [1.165, 1.54) is 7.11 Å². The largest absolute Gasteiger partial charge is 0.494 e. The van der Waals surface area contributed by atoms with Gasteiger partial charge in [0, 0.05) is 0 Å². The maximum Gasteiger partial charge on any atom is 0.187 e. The SMILES string of the molecule is COc1cn2ncc(I)c2cc1S(=O)(=O)C(C)(C)C. The van der Waals surface area contributed by atoms with Crippen molar-refractivity contribution < 1.29 is 13.2 Å².